The predicted octanol–water partition coefficient (Wildman–Crippen LogP) is 6.38. The van der Waals surface area contributed by atoms with E-state index in [1.807, 2.05) is 28.5 Å². The molecule has 0 aliphatic carbocycles. The largest absolute Gasteiger partial charge is 0.474 e. The third kappa shape index (κ3) is 4.12. The molecule has 1 aliphatic rings. The van der Waals surface area contributed by atoms with Gasteiger partial charge in [-0.1, -0.05) is 86.1 Å². The molecule has 4 heterocycles. The van der Waals surface area contributed by atoms with Gasteiger partial charge in [-0.05, 0) is 52.6 Å². The Morgan fingerprint density at radius 1 is 0.714 bits per heavy atom. The van der Waals surface area contributed by atoms with Gasteiger partial charge in [-0.15, -0.1) is 4.58 Å². The maximum atomic E-state index is 4.74. The fourth-order valence-corrected chi connectivity index (χ4v) is 8.29. The Morgan fingerprint density at radius 3 is 2.21 bits per heavy atom. The van der Waals surface area contributed by atoms with Crippen LogP contribution in [0.3, 0.4) is 0 Å². The molecule has 42 heavy (non-hydrogen) atoms. The molecule has 0 atom stereocenters. The second kappa shape index (κ2) is 9.41. The number of para-hydroxylation sites is 1. The third-order valence-corrected chi connectivity index (χ3v) is 12.0. The van der Waals surface area contributed by atoms with Crippen LogP contribution in [0.2, 0.25) is 13.1 Å². The first kappa shape index (κ1) is 26.2. The second-order valence-corrected chi connectivity index (χ2v) is 17.0. The molecule has 0 fully saturated rings. The molecule has 206 valence electrons. The van der Waals surface area contributed by atoms with E-state index in [1.165, 1.54) is 37.7 Å². The molecule has 6 aromatic rings. The number of hydrogen-bond acceptors (Lipinski definition) is 3. The Bertz CT molecular complexity index is 2090. The van der Waals surface area contributed by atoms with E-state index in [-0.39, 0.29) is 5.41 Å². The van der Waals surface area contributed by atoms with Crippen molar-refractivity contribution in [3.05, 3.63) is 103 Å². The monoisotopic (exact) mass is 566 g/mol. The van der Waals surface area contributed by atoms with Crippen molar-refractivity contribution in [2.45, 2.75) is 39.3 Å². The molecule has 7 heteroatoms. The Kier molecular flexibility index (Phi) is 5.87. The smallest absolute Gasteiger partial charge is 0.294 e. The Morgan fingerprint density at radius 2 is 1.45 bits per heavy atom. The van der Waals surface area contributed by atoms with Crippen molar-refractivity contribution in [1.82, 2.24) is 24.1 Å². The number of pyridine rings is 1. The molecule has 7 rings (SSSR count). The van der Waals surface area contributed by atoms with Crippen LogP contribution < -0.4 is 14.9 Å². The van der Waals surface area contributed by atoms with E-state index in [9.17, 15) is 0 Å². The fraction of sp³-hybridized carbons (Fsp3) is 0.200. The van der Waals surface area contributed by atoms with Gasteiger partial charge in [-0.2, -0.15) is 4.98 Å². The summed E-state index contributed by atoms with van der Waals surface area (Å²) in [6.07, 6.45) is 5.34. The molecule has 0 amide bonds. The topological polar surface area (TPSA) is 49.6 Å². The van der Waals surface area contributed by atoms with Gasteiger partial charge in [0.25, 0.3) is 0 Å². The lowest BCUT2D eigenvalue weighted by Crippen LogP contribution is -2.53. The zero-order valence-electron chi connectivity index (χ0n) is 24.9. The van der Waals surface area contributed by atoms with Gasteiger partial charge in [0.15, 0.2) is 11.9 Å². The highest BCUT2D eigenvalue weighted by Gasteiger charge is 2.37. The van der Waals surface area contributed by atoms with Crippen molar-refractivity contribution in [3.8, 4) is 5.82 Å². The minimum Gasteiger partial charge on any atom is -0.294 e. The molecule has 0 saturated carbocycles. The summed E-state index contributed by atoms with van der Waals surface area (Å²) < 4.78 is 6.27. The maximum absolute atomic E-state index is 4.74. The number of nitrogens with zero attached hydrogens (tertiary/aromatic N) is 6. The number of fused-ring (bicyclic) bond motifs is 4. The molecule has 3 aromatic heterocycles. The minimum atomic E-state index is -2.18. The summed E-state index contributed by atoms with van der Waals surface area (Å²) >= 11 is 0. The molecule has 0 N–H and O–H groups in total. The van der Waals surface area contributed by atoms with Crippen LogP contribution in [-0.4, -0.2) is 45.2 Å². The molecular weight excluding hydrogens is 533 g/mol. The maximum Gasteiger partial charge on any atom is 0.474 e. The molecule has 6 nitrogen and oxygen atoms in total. The quantitative estimate of drug-likeness (QED) is 0.184. The van der Waals surface area contributed by atoms with E-state index < -0.39 is 8.07 Å². The van der Waals surface area contributed by atoms with Crippen LogP contribution in [0.4, 0.5) is 17.3 Å². The summed E-state index contributed by atoms with van der Waals surface area (Å²) in [6.45, 7) is 11.7. The van der Waals surface area contributed by atoms with Crippen LogP contribution in [0.1, 0.15) is 26.3 Å². The van der Waals surface area contributed by atoms with E-state index in [4.69, 9.17) is 4.98 Å². The van der Waals surface area contributed by atoms with E-state index >= 15 is 0 Å². The summed E-state index contributed by atoms with van der Waals surface area (Å²) in [5.74, 6) is 2.55. The van der Waals surface area contributed by atoms with Crippen molar-refractivity contribution in [2.75, 3.05) is 7.05 Å². The van der Waals surface area contributed by atoms with Crippen LogP contribution in [0.5, 0.6) is 0 Å². The molecule has 0 bridgehead atoms. The van der Waals surface area contributed by atoms with Gasteiger partial charge in [0.1, 0.15) is 20.9 Å². The number of rotatable bonds is 4. The van der Waals surface area contributed by atoms with Crippen LogP contribution in [0.25, 0.3) is 27.6 Å². The lowest BCUT2D eigenvalue weighted by atomic mass is 9.87. The predicted molar refractivity (Wildman–Crippen MR) is 175 cm³/mol. The Labute approximate surface area is 247 Å². The lowest BCUT2D eigenvalue weighted by Gasteiger charge is -2.27. The van der Waals surface area contributed by atoms with Gasteiger partial charge >= 0.3 is 17.6 Å². The van der Waals surface area contributed by atoms with Gasteiger partial charge in [0.05, 0.1) is 17.2 Å². The second-order valence-electron chi connectivity index (χ2n) is 12.6. The van der Waals surface area contributed by atoms with Crippen LogP contribution >= 0.6 is 0 Å². The average molecular weight is 567 g/mol. The first-order chi connectivity index (χ1) is 20.1. The lowest BCUT2D eigenvalue weighted by molar-refractivity contribution is -0.398. The molecule has 0 saturated heterocycles. The fourth-order valence-electron chi connectivity index (χ4n) is 5.94. The van der Waals surface area contributed by atoms with E-state index in [0.717, 1.165) is 23.1 Å². The normalized spacial score (nSPS) is 13.4. The summed E-state index contributed by atoms with van der Waals surface area (Å²) in [5, 5.41) is 5.23. The van der Waals surface area contributed by atoms with E-state index in [1.54, 1.807) is 12.4 Å². The number of aromatic nitrogens is 4. The highest BCUT2D eigenvalue weighted by molar-refractivity contribution is 7.00. The highest BCUT2D eigenvalue weighted by atomic mass is 28.3. The SMILES string of the molecule is C[N+]1=C=[N+](c2cc(C(C)(C)C)cc([Si](C)(C)c3ccc4c5ccccc5n(-c5ccccn5)c4c3)c2)c2nccnc21. The molecule has 0 radical (unpaired) electrons. The molecular formula is C35H34N6Si+2. The first-order valence-corrected chi connectivity index (χ1v) is 17.4. The number of benzene rings is 3. The van der Waals surface area contributed by atoms with E-state index in [2.05, 4.69) is 127 Å². The van der Waals surface area contributed by atoms with Gasteiger partial charge in [0.2, 0.25) is 0 Å². The van der Waals surface area contributed by atoms with Gasteiger partial charge in [-0.3, -0.25) is 4.57 Å². The van der Waals surface area contributed by atoms with E-state index in [0.29, 0.717) is 0 Å². The third-order valence-electron chi connectivity index (χ3n) is 8.48. The zero-order chi connectivity index (χ0) is 29.2. The standard InChI is InChI=1S/C35H34N6Si/c1-35(2,3)24-19-25(40-23-39(4)33-34(40)38-18-17-37-33)21-27(20-24)42(5,6)26-14-15-29-28-11-7-8-12-30(28)41(31(29)22-26)32-13-9-10-16-36-32/h7-22H,1-6H3/q+2. The minimum absolute atomic E-state index is 0.0264. The zero-order valence-corrected chi connectivity index (χ0v) is 25.9. The molecule has 0 unspecified atom stereocenters. The van der Waals surface area contributed by atoms with Crippen molar-refractivity contribution < 1.29 is 4.58 Å². The average Bonchev–Trinajstić information content (AvgIpc) is 3.51. The number of hydrogen-bond donors (Lipinski definition) is 0. The van der Waals surface area contributed by atoms with Crippen molar-refractivity contribution in [2.24, 2.45) is 0 Å². The summed E-state index contributed by atoms with van der Waals surface area (Å²) in [4.78, 5) is 13.9. The summed E-state index contributed by atoms with van der Waals surface area (Å²) in [7, 11) is -0.216. The highest BCUT2D eigenvalue weighted by Crippen LogP contribution is 2.33. The molecule has 1 aliphatic heterocycles. The van der Waals surface area contributed by atoms with Gasteiger partial charge < -0.3 is 0 Å². The Balaban J connectivity index is 1.44. The molecule has 3 aromatic carbocycles. The summed E-state index contributed by atoms with van der Waals surface area (Å²) in [5.41, 5.74) is 4.69. The van der Waals surface area contributed by atoms with Crippen LogP contribution in [0, 0.1) is 0 Å². The Hall–Kier alpha value is -4.71. The first-order valence-electron chi connectivity index (χ1n) is 14.4. The molecule has 0 spiro atoms. The summed E-state index contributed by atoms with van der Waals surface area (Å²) in [6, 6.07) is 32.3. The van der Waals surface area contributed by atoms with Crippen LogP contribution in [0.15, 0.2) is 97.5 Å². The van der Waals surface area contributed by atoms with Crippen molar-refractivity contribution in [3.63, 3.8) is 0 Å². The van der Waals surface area contributed by atoms with Crippen molar-refractivity contribution >= 4 is 63.6 Å². The van der Waals surface area contributed by atoms with Gasteiger partial charge in [-0.25, -0.2) is 4.98 Å². The van der Waals surface area contributed by atoms with Gasteiger partial charge in [0, 0.05) is 22.0 Å². The van der Waals surface area contributed by atoms with Crippen LogP contribution in [-0.2, 0) is 5.41 Å². The van der Waals surface area contributed by atoms with Crippen molar-refractivity contribution in [1.29, 1.82) is 0 Å².